The SMILES string of the molecule is CCC[C@H]1N(C(=O)c2ncccc2C(F)(F)F)CCC[C@@]1(Oc1csc(C(F)(F)F)c1)C(=O)N1CC=C(c2ccccc2OCCC(C)(C)CO)CC1. The molecule has 1 aromatic carbocycles. The molecule has 15 heteroatoms. The van der Waals surface area contributed by atoms with Crippen molar-refractivity contribution < 1.29 is 50.5 Å². The lowest BCUT2D eigenvalue weighted by atomic mass is 9.79. The smallest absolute Gasteiger partial charge is 0.425 e. The molecule has 2 aliphatic rings. The summed E-state index contributed by atoms with van der Waals surface area (Å²) in [6, 6.07) is 8.97. The molecule has 0 spiro atoms. The Hall–Kier alpha value is -4.11. The van der Waals surface area contributed by atoms with Crippen molar-refractivity contribution in [3.05, 3.63) is 81.8 Å². The van der Waals surface area contributed by atoms with Crippen molar-refractivity contribution in [3.63, 3.8) is 0 Å². The van der Waals surface area contributed by atoms with Crippen LogP contribution in [0.3, 0.4) is 0 Å². The van der Waals surface area contributed by atoms with Gasteiger partial charge < -0.3 is 24.4 Å². The van der Waals surface area contributed by atoms with Crippen molar-refractivity contribution in [3.8, 4) is 11.5 Å². The fraction of sp³-hybridized carbons (Fsp3) is 0.500. The van der Waals surface area contributed by atoms with Crippen molar-refractivity contribution in [1.82, 2.24) is 14.8 Å². The van der Waals surface area contributed by atoms with E-state index in [-0.39, 0.29) is 56.7 Å². The van der Waals surface area contributed by atoms with Crippen LogP contribution in [0.15, 0.2) is 60.1 Å². The van der Waals surface area contributed by atoms with E-state index in [1.54, 1.807) is 6.92 Å². The summed E-state index contributed by atoms with van der Waals surface area (Å²) >= 11 is 0.397. The van der Waals surface area contributed by atoms with Crippen LogP contribution in [-0.4, -0.2) is 76.2 Å². The van der Waals surface area contributed by atoms with Crippen molar-refractivity contribution in [2.24, 2.45) is 5.41 Å². The number of aromatic nitrogens is 1. The number of benzene rings is 1. The third kappa shape index (κ3) is 8.99. The minimum atomic E-state index is -4.89. The molecule has 0 bridgehead atoms. The Bertz CT molecular complexity index is 1790. The number of piperidine rings is 1. The second-order valence-corrected chi connectivity index (χ2v) is 15.0. The molecule has 4 heterocycles. The predicted molar refractivity (Wildman–Crippen MR) is 187 cm³/mol. The van der Waals surface area contributed by atoms with Gasteiger partial charge in [-0.05, 0) is 54.9 Å². The number of amides is 2. The third-order valence-corrected chi connectivity index (χ3v) is 10.7. The lowest BCUT2D eigenvalue weighted by Crippen LogP contribution is -2.68. The number of para-hydroxylation sites is 1. The maximum Gasteiger partial charge on any atom is 0.425 e. The molecule has 0 saturated carbocycles. The van der Waals surface area contributed by atoms with Crippen molar-refractivity contribution in [2.45, 2.75) is 83.3 Å². The number of pyridine rings is 1. The van der Waals surface area contributed by atoms with Gasteiger partial charge in [0.15, 0.2) is 0 Å². The van der Waals surface area contributed by atoms with E-state index in [1.807, 2.05) is 44.2 Å². The summed E-state index contributed by atoms with van der Waals surface area (Å²) in [4.78, 5) is 34.4. The topological polar surface area (TPSA) is 92.2 Å². The Morgan fingerprint density at radius 2 is 1.81 bits per heavy atom. The molecule has 3 aromatic rings. The first kappa shape index (κ1) is 40.1. The molecular weight excluding hydrogens is 724 g/mol. The number of likely N-dealkylation sites (tertiary alicyclic amines) is 1. The highest BCUT2D eigenvalue weighted by atomic mass is 32.1. The van der Waals surface area contributed by atoms with Gasteiger partial charge in [-0.3, -0.25) is 14.6 Å². The number of thiophene rings is 1. The summed E-state index contributed by atoms with van der Waals surface area (Å²) in [5, 5.41) is 10.8. The largest absolute Gasteiger partial charge is 0.493 e. The number of aliphatic hydroxyl groups excluding tert-OH is 1. The number of aliphatic hydroxyl groups is 1. The number of carbonyl (C=O) groups is 2. The van der Waals surface area contributed by atoms with Crippen LogP contribution in [0.1, 0.15) is 85.8 Å². The molecule has 288 valence electrons. The molecule has 2 amide bonds. The van der Waals surface area contributed by atoms with Gasteiger partial charge in [0.1, 0.15) is 22.1 Å². The van der Waals surface area contributed by atoms with Gasteiger partial charge in [0.05, 0.1) is 18.2 Å². The van der Waals surface area contributed by atoms with E-state index in [2.05, 4.69) is 4.98 Å². The van der Waals surface area contributed by atoms with Crippen LogP contribution in [0.2, 0.25) is 0 Å². The Kier molecular flexibility index (Phi) is 12.2. The normalized spacial score (nSPS) is 19.9. The van der Waals surface area contributed by atoms with E-state index in [4.69, 9.17) is 9.47 Å². The van der Waals surface area contributed by atoms with Gasteiger partial charge in [-0.2, -0.15) is 26.3 Å². The molecule has 1 saturated heterocycles. The monoisotopic (exact) mass is 767 g/mol. The number of hydrogen-bond donors (Lipinski definition) is 1. The fourth-order valence-electron chi connectivity index (χ4n) is 6.82. The highest BCUT2D eigenvalue weighted by Crippen LogP contribution is 2.43. The first-order valence-corrected chi connectivity index (χ1v) is 18.4. The number of halogens is 6. The third-order valence-electron chi connectivity index (χ3n) is 9.71. The highest BCUT2D eigenvalue weighted by molar-refractivity contribution is 7.10. The lowest BCUT2D eigenvalue weighted by molar-refractivity contribution is -0.159. The fourth-order valence-corrected chi connectivity index (χ4v) is 7.49. The number of ether oxygens (including phenoxy) is 2. The maximum atomic E-state index is 14.8. The summed E-state index contributed by atoms with van der Waals surface area (Å²) in [6.45, 7) is 6.33. The van der Waals surface area contributed by atoms with Crippen LogP contribution in [0.4, 0.5) is 26.3 Å². The van der Waals surface area contributed by atoms with E-state index in [9.17, 15) is 41.0 Å². The molecule has 0 unspecified atom stereocenters. The number of alkyl halides is 6. The molecule has 5 rings (SSSR count). The summed E-state index contributed by atoms with van der Waals surface area (Å²) in [5.41, 5.74) is -2.54. The molecule has 8 nitrogen and oxygen atoms in total. The van der Waals surface area contributed by atoms with Crippen LogP contribution in [0, 0.1) is 5.41 Å². The molecule has 1 N–H and O–H groups in total. The van der Waals surface area contributed by atoms with Gasteiger partial charge in [0.25, 0.3) is 11.8 Å². The number of rotatable bonds is 12. The molecule has 0 aliphatic carbocycles. The van der Waals surface area contributed by atoms with Gasteiger partial charge in [-0.1, -0.05) is 51.5 Å². The lowest BCUT2D eigenvalue weighted by Gasteiger charge is -2.50. The van der Waals surface area contributed by atoms with E-state index in [1.165, 1.54) is 9.80 Å². The van der Waals surface area contributed by atoms with E-state index >= 15 is 0 Å². The van der Waals surface area contributed by atoms with Gasteiger partial charge in [0.2, 0.25) is 5.60 Å². The zero-order valence-electron chi connectivity index (χ0n) is 29.7. The van der Waals surface area contributed by atoms with Crippen LogP contribution >= 0.6 is 11.3 Å². The Morgan fingerprint density at radius 1 is 1.06 bits per heavy atom. The minimum absolute atomic E-state index is 0.0104. The van der Waals surface area contributed by atoms with Crippen molar-refractivity contribution in [2.75, 3.05) is 32.8 Å². The van der Waals surface area contributed by atoms with Crippen LogP contribution in [0.5, 0.6) is 11.5 Å². The molecule has 1 fully saturated rings. The Morgan fingerprint density at radius 3 is 2.45 bits per heavy atom. The predicted octanol–water partition coefficient (Wildman–Crippen LogP) is 8.51. The van der Waals surface area contributed by atoms with Gasteiger partial charge in [-0.15, -0.1) is 11.3 Å². The minimum Gasteiger partial charge on any atom is -0.493 e. The average molecular weight is 768 g/mol. The van der Waals surface area contributed by atoms with Crippen molar-refractivity contribution >= 4 is 28.7 Å². The van der Waals surface area contributed by atoms with Crippen molar-refractivity contribution in [1.29, 1.82) is 0 Å². The molecule has 53 heavy (non-hydrogen) atoms. The molecular formula is C38H43F6N3O5S. The Balaban J connectivity index is 1.49. The quantitative estimate of drug-likeness (QED) is 0.186. The van der Waals surface area contributed by atoms with Crippen LogP contribution < -0.4 is 9.47 Å². The summed E-state index contributed by atoms with van der Waals surface area (Å²) in [5.74, 6) is -1.19. The number of carbonyl (C=O) groups excluding carboxylic acids is 2. The van der Waals surface area contributed by atoms with E-state index < -0.39 is 51.9 Å². The van der Waals surface area contributed by atoms with E-state index in [0.29, 0.717) is 43.0 Å². The Labute approximate surface area is 308 Å². The standard InChI is InChI=1S/C38H43F6N3O5S/c1-4-9-30-36(52-26-22-31(53-23-26)38(42,43)44,15-8-18-47(30)33(49)32-28(37(39,40)41)11-7-17-45-32)34(50)46-19-13-25(14-20-46)27-10-5-6-12-29(27)51-21-16-35(2,3)24-48/h5-7,10-13,17,22-23,30,48H,4,8-9,14-16,18-21,24H2,1-3H3/t30-,36+/m1/s1. The number of hydrogen-bond acceptors (Lipinski definition) is 7. The molecule has 0 radical (unpaired) electrons. The first-order chi connectivity index (χ1) is 25.0. The maximum absolute atomic E-state index is 14.8. The van der Waals surface area contributed by atoms with Crippen LogP contribution in [0.25, 0.3) is 5.57 Å². The second kappa shape index (κ2) is 16.1. The van der Waals surface area contributed by atoms with Crippen LogP contribution in [-0.2, 0) is 17.1 Å². The van der Waals surface area contributed by atoms with Gasteiger partial charge in [0, 0.05) is 55.9 Å². The summed E-state index contributed by atoms with van der Waals surface area (Å²) in [6.07, 6.45) is -4.95. The average Bonchev–Trinajstić information content (AvgIpc) is 3.61. The van der Waals surface area contributed by atoms with Gasteiger partial charge >= 0.3 is 12.4 Å². The highest BCUT2D eigenvalue weighted by Gasteiger charge is 2.56. The second-order valence-electron chi connectivity index (χ2n) is 14.1. The first-order valence-electron chi connectivity index (χ1n) is 17.5. The summed E-state index contributed by atoms with van der Waals surface area (Å²) < 4.78 is 95.5. The van der Waals surface area contributed by atoms with E-state index in [0.717, 1.165) is 40.9 Å². The molecule has 2 atom stereocenters. The zero-order valence-corrected chi connectivity index (χ0v) is 30.5. The van der Waals surface area contributed by atoms with Gasteiger partial charge in [-0.25, -0.2) is 0 Å². The zero-order chi connectivity index (χ0) is 38.6. The summed E-state index contributed by atoms with van der Waals surface area (Å²) in [7, 11) is 0. The number of nitrogens with zero attached hydrogens (tertiary/aromatic N) is 3. The molecule has 2 aromatic heterocycles. The molecule has 2 aliphatic heterocycles.